The Kier molecular flexibility index (Phi) is 4.83. The quantitative estimate of drug-likeness (QED) is 0.862. The maximum absolute atomic E-state index is 12.1. The van der Waals surface area contributed by atoms with Gasteiger partial charge in [-0.1, -0.05) is 37.3 Å². The number of nitrogens with one attached hydrogen (secondary N) is 1. The van der Waals surface area contributed by atoms with E-state index in [1.165, 1.54) is 0 Å². The molecule has 1 fully saturated rings. The molecule has 1 heterocycles. The van der Waals surface area contributed by atoms with Crippen LogP contribution in [0.3, 0.4) is 0 Å². The van der Waals surface area contributed by atoms with Gasteiger partial charge in [0.15, 0.2) is 0 Å². The molecule has 1 aliphatic rings. The lowest BCUT2D eigenvalue weighted by Crippen LogP contribution is -2.40. The Morgan fingerprint density at radius 2 is 2.00 bits per heavy atom. The Morgan fingerprint density at radius 3 is 2.63 bits per heavy atom. The monoisotopic (exact) mass is 281 g/mol. The molecule has 104 valence electrons. The highest BCUT2D eigenvalue weighted by Gasteiger charge is 2.28. The van der Waals surface area contributed by atoms with Crippen LogP contribution in [-0.4, -0.2) is 25.7 Å². The Morgan fingerprint density at radius 1 is 1.37 bits per heavy atom. The van der Waals surface area contributed by atoms with Gasteiger partial charge in [-0.3, -0.25) is 4.79 Å². The molecule has 1 unspecified atom stereocenters. The molecule has 1 atom stereocenters. The van der Waals surface area contributed by atoms with Crippen LogP contribution in [0.25, 0.3) is 0 Å². The van der Waals surface area contributed by atoms with Crippen LogP contribution in [-0.2, 0) is 9.53 Å². The van der Waals surface area contributed by atoms with Crippen molar-refractivity contribution in [2.45, 2.75) is 25.1 Å². The van der Waals surface area contributed by atoms with Gasteiger partial charge < -0.3 is 10.1 Å². The van der Waals surface area contributed by atoms with Crippen molar-refractivity contribution in [3.63, 3.8) is 0 Å². The zero-order valence-corrected chi connectivity index (χ0v) is 12.0. The molecule has 3 nitrogen and oxygen atoms in total. The van der Waals surface area contributed by atoms with E-state index in [1.807, 2.05) is 30.3 Å². The lowest BCUT2D eigenvalue weighted by atomic mass is 9.82. The van der Waals surface area contributed by atoms with Crippen molar-refractivity contribution in [1.29, 1.82) is 0 Å². The Bertz CT molecular complexity index is 415. The molecule has 1 N–H and O–H groups in total. The molecule has 0 spiro atoms. The first-order chi connectivity index (χ1) is 9.11. The summed E-state index contributed by atoms with van der Waals surface area (Å²) in [6.07, 6.45) is 1.96. The van der Waals surface area contributed by atoms with E-state index in [4.69, 9.17) is 16.3 Å². The summed E-state index contributed by atoms with van der Waals surface area (Å²) in [5.74, 6) is -0.124. The molecule has 2 rings (SSSR count). The Labute approximate surface area is 119 Å². The lowest BCUT2D eigenvalue weighted by Gasteiger charge is -2.33. The minimum absolute atomic E-state index is 0.124. The molecule has 0 bridgehead atoms. The number of amides is 1. The molecule has 1 saturated heterocycles. The van der Waals surface area contributed by atoms with Crippen LogP contribution in [0, 0.1) is 5.41 Å². The van der Waals surface area contributed by atoms with Crippen LogP contribution in [0.5, 0.6) is 0 Å². The number of alkyl halides is 1. The fraction of sp³-hybridized carbons (Fsp3) is 0.533. The standard InChI is InChI=1S/C15H20ClNO2/c1-15(7-9-19-10-8-15)11-17-14(18)13(16)12-5-3-2-4-6-12/h2-6,13H,7-11H2,1H3,(H,17,18). The average molecular weight is 282 g/mol. The summed E-state index contributed by atoms with van der Waals surface area (Å²) < 4.78 is 5.35. The first kappa shape index (κ1) is 14.4. The van der Waals surface area contributed by atoms with Gasteiger partial charge in [0.25, 0.3) is 0 Å². The fourth-order valence-corrected chi connectivity index (χ4v) is 2.43. The summed E-state index contributed by atoms with van der Waals surface area (Å²) in [4.78, 5) is 12.1. The lowest BCUT2D eigenvalue weighted by molar-refractivity contribution is -0.121. The molecule has 1 aliphatic heterocycles. The molecule has 1 amide bonds. The molecule has 4 heteroatoms. The first-order valence-corrected chi connectivity index (χ1v) is 7.09. The molecule has 0 aliphatic carbocycles. The Balaban J connectivity index is 1.87. The summed E-state index contributed by atoms with van der Waals surface area (Å²) >= 11 is 6.18. The molecule has 0 aromatic heterocycles. The predicted octanol–water partition coefficient (Wildman–Crippen LogP) is 2.90. The van der Waals surface area contributed by atoms with E-state index >= 15 is 0 Å². The topological polar surface area (TPSA) is 38.3 Å². The van der Waals surface area contributed by atoms with Crippen molar-refractivity contribution in [3.05, 3.63) is 35.9 Å². The normalized spacial score (nSPS) is 19.7. The fourth-order valence-electron chi connectivity index (χ4n) is 2.20. The van der Waals surface area contributed by atoms with Crippen molar-refractivity contribution in [2.24, 2.45) is 5.41 Å². The third-order valence-corrected chi connectivity index (χ3v) is 4.16. The number of benzene rings is 1. The third-order valence-electron chi connectivity index (χ3n) is 3.71. The SMILES string of the molecule is CC1(CNC(=O)C(Cl)c2ccccc2)CCOCC1. The molecule has 0 radical (unpaired) electrons. The second kappa shape index (κ2) is 6.40. The molecule has 1 aromatic carbocycles. The number of hydrogen-bond donors (Lipinski definition) is 1. The van der Waals surface area contributed by atoms with Crippen LogP contribution in [0.1, 0.15) is 30.7 Å². The number of ether oxygens (including phenoxy) is 1. The van der Waals surface area contributed by atoms with Gasteiger partial charge in [-0.15, -0.1) is 11.6 Å². The van der Waals surface area contributed by atoms with Crippen LogP contribution in [0.4, 0.5) is 0 Å². The van der Waals surface area contributed by atoms with Crippen molar-refractivity contribution in [1.82, 2.24) is 5.32 Å². The van der Waals surface area contributed by atoms with Crippen LogP contribution < -0.4 is 5.32 Å². The van der Waals surface area contributed by atoms with E-state index in [0.29, 0.717) is 6.54 Å². The highest BCUT2D eigenvalue weighted by Crippen LogP contribution is 2.29. The van der Waals surface area contributed by atoms with Crippen molar-refractivity contribution < 1.29 is 9.53 Å². The van der Waals surface area contributed by atoms with E-state index in [0.717, 1.165) is 31.6 Å². The van der Waals surface area contributed by atoms with E-state index in [2.05, 4.69) is 12.2 Å². The maximum atomic E-state index is 12.1. The number of carbonyl (C=O) groups is 1. The van der Waals surface area contributed by atoms with E-state index in [1.54, 1.807) is 0 Å². The van der Waals surface area contributed by atoms with Crippen LogP contribution in [0.2, 0.25) is 0 Å². The zero-order valence-electron chi connectivity index (χ0n) is 11.2. The van der Waals surface area contributed by atoms with Gasteiger partial charge >= 0.3 is 0 Å². The summed E-state index contributed by atoms with van der Waals surface area (Å²) in [5, 5.41) is 2.34. The number of hydrogen-bond acceptors (Lipinski definition) is 2. The molecule has 0 saturated carbocycles. The van der Waals surface area contributed by atoms with Crippen molar-refractivity contribution in [3.8, 4) is 0 Å². The van der Waals surface area contributed by atoms with Gasteiger partial charge in [0, 0.05) is 19.8 Å². The van der Waals surface area contributed by atoms with Gasteiger partial charge in [-0.25, -0.2) is 0 Å². The summed E-state index contributed by atoms with van der Waals surface area (Å²) in [6.45, 7) is 4.39. The van der Waals surface area contributed by atoms with Crippen LogP contribution >= 0.6 is 11.6 Å². The largest absolute Gasteiger partial charge is 0.381 e. The average Bonchev–Trinajstić information content (AvgIpc) is 2.46. The molecular formula is C15H20ClNO2. The summed E-state index contributed by atoms with van der Waals surface area (Å²) in [6, 6.07) is 9.42. The van der Waals surface area contributed by atoms with E-state index in [-0.39, 0.29) is 11.3 Å². The highest BCUT2D eigenvalue weighted by atomic mass is 35.5. The number of carbonyl (C=O) groups excluding carboxylic acids is 1. The van der Waals surface area contributed by atoms with Crippen molar-refractivity contribution in [2.75, 3.05) is 19.8 Å². The highest BCUT2D eigenvalue weighted by molar-refractivity contribution is 6.30. The van der Waals surface area contributed by atoms with E-state index < -0.39 is 5.38 Å². The third kappa shape index (κ3) is 3.95. The van der Waals surface area contributed by atoms with Gasteiger partial charge in [0.1, 0.15) is 5.38 Å². The predicted molar refractivity (Wildman–Crippen MR) is 76.2 cm³/mol. The van der Waals surface area contributed by atoms with Crippen molar-refractivity contribution >= 4 is 17.5 Å². The second-order valence-corrected chi connectivity index (χ2v) is 5.85. The van der Waals surface area contributed by atoms with E-state index in [9.17, 15) is 4.79 Å². The molecule has 1 aromatic rings. The second-order valence-electron chi connectivity index (χ2n) is 5.41. The first-order valence-electron chi connectivity index (χ1n) is 6.65. The van der Waals surface area contributed by atoms with Gasteiger partial charge in [-0.05, 0) is 23.8 Å². The number of halogens is 1. The number of rotatable bonds is 4. The minimum Gasteiger partial charge on any atom is -0.381 e. The maximum Gasteiger partial charge on any atom is 0.242 e. The van der Waals surface area contributed by atoms with Gasteiger partial charge in [0.05, 0.1) is 0 Å². The summed E-state index contributed by atoms with van der Waals surface area (Å²) in [5.41, 5.74) is 0.958. The summed E-state index contributed by atoms with van der Waals surface area (Å²) in [7, 11) is 0. The smallest absolute Gasteiger partial charge is 0.242 e. The van der Waals surface area contributed by atoms with Gasteiger partial charge in [0.2, 0.25) is 5.91 Å². The molecular weight excluding hydrogens is 262 g/mol. The van der Waals surface area contributed by atoms with Gasteiger partial charge in [-0.2, -0.15) is 0 Å². The van der Waals surface area contributed by atoms with Crippen LogP contribution in [0.15, 0.2) is 30.3 Å². The minimum atomic E-state index is -0.621. The molecule has 19 heavy (non-hydrogen) atoms. The Hall–Kier alpha value is -1.06. The zero-order chi connectivity index (χ0) is 13.7.